The Morgan fingerprint density at radius 3 is 2.19 bits per heavy atom. The van der Waals surface area contributed by atoms with Crippen molar-refractivity contribution in [3.63, 3.8) is 0 Å². The summed E-state index contributed by atoms with van der Waals surface area (Å²) in [5.74, 6) is -2.04. The second-order valence-corrected chi connectivity index (χ2v) is 21.3. The van der Waals surface area contributed by atoms with Gasteiger partial charge in [0.05, 0.1) is 43.4 Å². The minimum atomic E-state index is -0.986. The van der Waals surface area contributed by atoms with Gasteiger partial charge in [-0.1, -0.05) is 103 Å². The predicted octanol–water partition coefficient (Wildman–Crippen LogP) is 7.31. The zero-order valence-electron chi connectivity index (χ0n) is 44.3. The van der Waals surface area contributed by atoms with Gasteiger partial charge in [0.2, 0.25) is 11.8 Å². The first-order valence-corrected chi connectivity index (χ1v) is 26.2. The number of Topliss-reactive ketones (excluding diaryl/α,β-unsaturated/α-hetero) is 2. The highest BCUT2D eigenvalue weighted by atomic mass is 16.7. The number of H-pyrrole nitrogens is 1. The standard InChI is InChI=1S/C56H88N6O8/c1-12-38(6)53(60(9)56(67)45(36(2)3)32-49(64)52(37(4)5)59(8)35-43(57)29-40-21-14-13-15-22-40)50(68-10)33-51(65)61-26-20-25-47(61)54(69-11)39(7)48(63)31-41(55(66)62-27-18-19-28-70-62)30-42-34-58-46-24-17-16-23-44(42)46/h13-17,21-24,34,36-39,41,43,45,47,50,52-55,58,66H,12,18-20,25-33,35,57H2,1-11H3/t38-,39-,41+,43-,45-,47-,50+,52-,53-,54+,55?/m0/s1. The predicted molar refractivity (Wildman–Crippen MR) is 276 cm³/mol. The minimum absolute atomic E-state index is 0.00684. The average molecular weight is 973 g/mol. The van der Waals surface area contributed by atoms with E-state index in [-0.39, 0.29) is 72.5 Å². The topological polar surface area (TPSA) is 171 Å². The Morgan fingerprint density at radius 1 is 0.857 bits per heavy atom. The summed E-state index contributed by atoms with van der Waals surface area (Å²) in [6.07, 6.45) is 5.13. The fourth-order valence-corrected chi connectivity index (χ4v) is 11.5. The van der Waals surface area contributed by atoms with Crippen LogP contribution in [0.3, 0.4) is 0 Å². The third-order valence-corrected chi connectivity index (χ3v) is 15.6. The maximum Gasteiger partial charge on any atom is 0.226 e. The van der Waals surface area contributed by atoms with E-state index in [0.717, 1.165) is 47.7 Å². The third-order valence-electron chi connectivity index (χ3n) is 15.6. The normalized spacial score (nSPS) is 20.2. The van der Waals surface area contributed by atoms with Crippen molar-refractivity contribution in [2.75, 3.05) is 54.6 Å². The summed E-state index contributed by atoms with van der Waals surface area (Å²) < 4.78 is 12.3. The summed E-state index contributed by atoms with van der Waals surface area (Å²) in [6, 6.07) is 16.8. The van der Waals surface area contributed by atoms with E-state index in [4.69, 9.17) is 20.0 Å². The molecule has 11 atom stereocenters. The molecule has 2 aromatic carbocycles. The molecule has 0 bridgehead atoms. The molecule has 0 radical (unpaired) electrons. The fraction of sp³-hybridized carbons (Fsp3) is 0.679. The highest BCUT2D eigenvalue weighted by molar-refractivity contribution is 5.90. The second-order valence-electron chi connectivity index (χ2n) is 21.3. The number of carbonyl (C=O) groups is 4. The van der Waals surface area contributed by atoms with Gasteiger partial charge in [-0.05, 0) is 80.5 Å². The number of aliphatic hydroxyl groups excluding tert-OH is 1. The Morgan fingerprint density at radius 2 is 1.56 bits per heavy atom. The van der Waals surface area contributed by atoms with Gasteiger partial charge in [-0.2, -0.15) is 5.06 Å². The number of methoxy groups -OCH3 is 2. The molecule has 70 heavy (non-hydrogen) atoms. The quantitative estimate of drug-likeness (QED) is 0.0667. The Balaban J connectivity index is 1.28. The summed E-state index contributed by atoms with van der Waals surface area (Å²) >= 11 is 0. The average Bonchev–Trinajstić information content (AvgIpc) is 4.00. The number of benzene rings is 2. The lowest BCUT2D eigenvalue weighted by molar-refractivity contribution is -0.267. The number of fused-ring (bicyclic) bond motifs is 1. The first-order valence-electron chi connectivity index (χ1n) is 26.2. The fourth-order valence-electron chi connectivity index (χ4n) is 11.5. The van der Waals surface area contributed by atoms with E-state index in [9.17, 15) is 24.3 Å². The number of ether oxygens (including phenoxy) is 2. The molecule has 1 aromatic heterocycles. The zero-order valence-corrected chi connectivity index (χ0v) is 44.3. The van der Waals surface area contributed by atoms with Crippen molar-refractivity contribution in [1.82, 2.24) is 24.7 Å². The summed E-state index contributed by atoms with van der Waals surface area (Å²) in [7, 11) is 6.93. The minimum Gasteiger partial charge on any atom is -0.379 e. The third kappa shape index (κ3) is 14.6. The van der Waals surface area contributed by atoms with Crippen molar-refractivity contribution < 1.29 is 38.6 Å². The number of carbonyl (C=O) groups excluding carboxylic acids is 4. The van der Waals surface area contributed by atoms with Crippen molar-refractivity contribution in [3.8, 4) is 0 Å². The molecule has 2 saturated heterocycles. The largest absolute Gasteiger partial charge is 0.379 e. The van der Waals surface area contributed by atoms with Crippen molar-refractivity contribution in [2.24, 2.45) is 41.2 Å². The summed E-state index contributed by atoms with van der Waals surface area (Å²) in [4.78, 5) is 73.1. The van der Waals surface area contributed by atoms with E-state index in [0.29, 0.717) is 45.5 Å². The zero-order chi connectivity index (χ0) is 51.2. The van der Waals surface area contributed by atoms with Gasteiger partial charge in [-0.25, -0.2) is 0 Å². The number of ketones is 2. The number of aromatic amines is 1. The molecule has 2 aliphatic rings. The number of hydrogen-bond donors (Lipinski definition) is 3. The Hall–Kier alpha value is -4.02. The lowest BCUT2D eigenvalue weighted by Gasteiger charge is -2.41. The lowest BCUT2D eigenvalue weighted by Crippen LogP contribution is -2.54. The van der Waals surface area contributed by atoms with Crippen LogP contribution >= 0.6 is 0 Å². The molecule has 4 N–H and O–H groups in total. The number of rotatable bonds is 28. The number of aromatic nitrogens is 1. The van der Waals surface area contributed by atoms with Crippen molar-refractivity contribution in [2.45, 2.75) is 155 Å². The number of nitrogens with one attached hydrogen (secondary N) is 1. The summed E-state index contributed by atoms with van der Waals surface area (Å²) in [6.45, 7) is 16.2. The number of hydroxylamine groups is 2. The Labute approximate surface area is 419 Å². The molecule has 390 valence electrons. The van der Waals surface area contributed by atoms with E-state index in [1.165, 1.54) is 0 Å². The van der Waals surface area contributed by atoms with Crippen molar-refractivity contribution >= 4 is 34.3 Å². The smallest absolute Gasteiger partial charge is 0.226 e. The lowest BCUT2D eigenvalue weighted by atomic mass is 9.83. The number of para-hydroxylation sites is 1. The Kier molecular flexibility index (Phi) is 22.1. The molecule has 2 aliphatic heterocycles. The Bertz CT molecular complexity index is 2090. The maximum atomic E-state index is 14.8. The SMILES string of the molecule is CC[C@H](C)[C@@H]([C@@H](CC(=O)N1CCC[C@H]1[C@H](OC)[C@@H](C)C(=O)C[C@@H](Cc1c[nH]c2ccccc12)C(O)N1CCCCO1)OC)N(C)C(=O)[C@@H](CC(=O)[C@H](C(C)C)N(C)C[C@@H](N)Cc1ccccc1)C(C)C. The molecule has 14 nitrogen and oxygen atoms in total. The van der Waals surface area contributed by atoms with E-state index in [1.807, 2.05) is 95.2 Å². The molecule has 3 aromatic rings. The number of hydrogen-bond acceptors (Lipinski definition) is 11. The van der Waals surface area contributed by atoms with Gasteiger partial charge in [0.25, 0.3) is 0 Å². The molecule has 5 rings (SSSR count). The molecule has 0 saturated carbocycles. The van der Waals surface area contributed by atoms with Gasteiger partial charge >= 0.3 is 0 Å². The summed E-state index contributed by atoms with van der Waals surface area (Å²) in [5.41, 5.74) is 9.79. The molecule has 2 fully saturated rings. The number of likely N-dealkylation sites (N-methyl/N-ethyl adjacent to an activating group) is 2. The molecule has 2 amide bonds. The number of amides is 2. The van der Waals surface area contributed by atoms with Crippen molar-refractivity contribution in [3.05, 3.63) is 71.9 Å². The molecule has 0 aliphatic carbocycles. The van der Waals surface area contributed by atoms with Crippen LogP contribution in [0.5, 0.6) is 0 Å². The van der Waals surface area contributed by atoms with E-state index in [2.05, 4.69) is 35.9 Å². The van der Waals surface area contributed by atoms with Crippen LogP contribution in [0, 0.1) is 35.5 Å². The molecule has 3 heterocycles. The van der Waals surface area contributed by atoms with Crippen LogP contribution in [-0.4, -0.2) is 150 Å². The van der Waals surface area contributed by atoms with Gasteiger partial charge < -0.3 is 35.1 Å². The van der Waals surface area contributed by atoms with Crippen molar-refractivity contribution in [1.29, 1.82) is 0 Å². The van der Waals surface area contributed by atoms with Crippen LogP contribution in [0.25, 0.3) is 10.9 Å². The molecule has 0 spiro atoms. The van der Waals surface area contributed by atoms with Gasteiger partial charge in [0.15, 0.2) is 5.78 Å². The van der Waals surface area contributed by atoms with Crippen LogP contribution in [0.1, 0.15) is 111 Å². The first-order chi connectivity index (χ1) is 33.4. The van der Waals surface area contributed by atoms with E-state index < -0.39 is 48.3 Å². The highest BCUT2D eigenvalue weighted by Crippen LogP contribution is 2.33. The van der Waals surface area contributed by atoms with Gasteiger partial charge in [0.1, 0.15) is 12.0 Å². The van der Waals surface area contributed by atoms with E-state index in [1.54, 1.807) is 31.2 Å². The van der Waals surface area contributed by atoms with Crippen LogP contribution < -0.4 is 5.73 Å². The first kappa shape index (κ1) is 56.9. The van der Waals surface area contributed by atoms with Gasteiger partial charge in [-0.3, -0.25) is 28.9 Å². The van der Waals surface area contributed by atoms with Gasteiger partial charge in [-0.15, -0.1) is 0 Å². The van der Waals surface area contributed by atoms with Gasteiger partial charge in [0, 0.05) is 94.6 Å². The number of likely N-dealkylation sites (tertiary alicyclic amines) is 1. The summed E-state index contributed by atoms with van der Waals surface area (Å²) in [5, 5.41) is 14.4. The second kappa shape index (κ2) is 27.2. The molecular weight excluding hydrogens is 885 g/mol. The molecule has 1 unspecified atom stereocenters. The maximum absolute atomic E-state index is 14.8. The van der Waals surface area contributed by atoms with Crippen LogP contribution in [0.15, 0.2) is 60.8 Å². The van der Waals surface area contributed by atoms with Crippen LogP contribution in [0.2, 0.25) is 0 Å². The number of nitrogens with two attached hydrogens (primary N) is 1. The molecular formula is C56H88N6O8. The number of aliphatic hydroxyl groups is 1. The monoisotopic (exact) mass is 973 g/mol. The van der Waals surface area contributed by atoms with E-state index >= 15 is 0 Å². The molecule has 14 heteroatoms. The highest BCUT2D eigenvalue weighted by Gasteiger charge is 2.44. The van der Waals surface area contributed by atoms with Crippen LogP contribution in [-0.2, 0) is 46.3 Å². The van der Waals surface area contributed by atoms with Crippen LogP contribution in [0.4, 0.5) is 0 Å². The number of nitrogens with zero attached hydrogens (tertiary/aromatic N) is 4.